The second-order valence-electron chi connectivity index (χ2n) is 5.93. The minimum Gasteiger partial charge on any atom is -0.486 e. The van der Waals surface area contributed by atoms with Crippen molar-refractivity contribution in [1.82, 2.24) is 0 Å². The summed E-state index contributed by atoms with van der Waals surface area (Å²) < 4.78 is 23.1. The molecule has 1 aromatic carbocycles. The molecule has 2 atom stereocenters. The molecular formula is C17H22BrNO5. The third kappa shape index (κ3) is 4.40. The lowest BCUT2D eigenvalue weighted by molar-refractivity contribution is -0.130. The maximum Gasteiger partial charge on any atom is 0.253 e. The van der Waals surface area contributed by atoms with E-state index in [1.165, 1.54) is 0 Å². The number of hydrogen-bond donors (Lipinski definition) is 1. The fourth-order valence-corrected chi connectivity index (χ4v) is 3.08. The molecule has 0 unspecified atom stereocenters. The molecule has 0 aromatic heterocycles. The standard InChI is InChI=1S/C17H22BrNO5/c1-11(24-10-12-4-2-3-5-21-12)17(20)19-14-9-16-15(8-13(14)18)22-6-7-23-16/h8-9,11-12H,2-7,10H2,1H3,(H,19,20)/t11-,12-/m0/s1. The van der Waals surface area contributed by atoms with Crippen LogP contribution < -0.4 is 14.8 Å². The van der Waals surface area contributed by atoms with Crippen molar-refractivity contribution in [2.75, 3.05) is 31.7 Å². The Labute approximate surface area is 149 Å². The first-order valence-electron chi connectivity index (χ1n) is 8.26. The van der Waals surface area contributed by atoms with Crippen LogP contribution in [0.25, 0.3) is 0 Å². The third-order valence-electron chi connectivity index (χ3n) is 4.07. The number of benzene rings is 1. The first-order valence-corrected chi connectivity index (χ1v) is 9.06. The van der Waals surface area contributed by atoms with Crippen LogP contribution in [0.2, 0.25) is 0 Å². The molecule has 0 aliphatic carbocycles. The molecule has 2 heterocycles. The number of ether oxygens (including phenoxy) is 4. The van der Waals surface area contributed by atoms with Crippen molar-refractivity contribution in [2.45, 2.75) is 38.4 Å². The van der Waals surface area contributed by atoms with Gasteiger partial charge in [-0.05, 0) is 42.1 Å². The van der Waals surface area contributed by atoms with Crippen molar-refractivity contribution in [3.8, 4) is 11.5 Å². The van der Waals surface area contributed by atoms with Crippen LogP contribution in [0.1, 0.15) is 26.2 Å². The van der Waals surface area contributed by atoms with Crippen molar-refractivity contribution in [3.63, 3.8) is 0 Å². The minimum absolute atomic E-state index is 0.0926. The summed E-state index contributed by atoms with van der Waals surface area (Å²) in [6, 6.07) is 3.55. The Morgan fingerprint density at radius 2 is 2.04 bits per heavy atom. The van der Waals surface area contributed by atoms with E-state index in [2.05, 4.69) is 21.2 Å². The molecule has 1 amide bonds. The highest BCUT2D eigenvalue weighted by molar-refractivity contribution is 9.10. The summed E-state index contributed by atoms with van der Waals surface area (Å²) in [4.78, 5) is 12.3. The summed E-state index contributed by atoms with van der Waals surface area (Å²) in [5.74, 6) is 1.09. The zero-order valence-corrected chi connectivity index (χ0v) is 15.3. The van der Waals surface area contributed by atoms with Gasteiger partial charge in [-0.25, -0.2) is 0 Å². The van der Waals surface area contributed by atoms with Gasteiger partial charge in [0.05, 0.1) is 18.4 Å². The van der Waals surface area contributed by atoms with Gasteiger partial charge in [0.15, 0.2) is 11.5 Å². The van der Waals surface area contributed by atoms with E-state index in [-0.39, 0.29) is 12.0 Å². The summed E-state index contributed by atoms with van der Waals surface area (Å²) in [6.45, 7) is 3.99. The zero-order chi connectivity index (χ0) is 16.9. The summed E-state index contributed by atoms with van der Waals surface area (Å²) in [6.07, 6.45) is 2.77. The molecule has 7 heteroatoms. The SMILES string of the molecule is C[C@H](OC[C@@H]1CCCCO1)C(=O)Nc1cc2c(cc1Br)OCCO2. The van der Waals surface area contributed by atoms with Crippen molar-refractivity contribution < 1.29 is 23.7 Å². The summed E-state index contributed by atoms with van der Waals surface area (Å²) in [5.41, 5.74) is 0.633. The quantitative estimate of drug-likeness (QED) is 0.823. The van der Waals surface area contributed by atoms with Crippen LogP contribution in [0.3, 0.4) is 0 Å². The monoisotopic (exact) mass is 399 g/mol. The van der Waals surface area contributed by atoms with Crippen LogP contribution in [0.4, 0.5) is 5.69 Å². The molecule has 1 fully saturated rings. The normalized spacial score (nSPS) is 21.2. The largest absolute Gasteiger partial charge is 0.486 e. The van der Waals surface area contributed by atoms with Crippen LogP contribution in [0.15, 0.2) is 16.6 Å². The molecule has 0 radical (unpaired) electrons. The van der Waals surface area contributed by atoms with E-state index >= 15 is 0 Å². The number of anilines is 1. The van der Waals surface area contributed by atoms with E-state index in [4.69, 9.17) is 18.9 Å². The Morgan fingerprint density at radius 1 is 1.29 bits per heavy atom. The highest BCUT2D eigenvalue weighted by Crippen LogP contribution is 2.38. The maximum absolute atomic E-state index is 12.3. The minimum atomic E-state index is -0.560. The van der Waals surface area contributed by atoms with Crippen LogP contribution >= 0.6 is 15.9 Å². The maximum atomic E-state index is 12.3. The molecule has 3 rings (SSSR count). The van der Waals surface area contributed by atoms with Gasteiger partial charge in [0, 0.05) is 23.2 Å². The molecule has 1 N–H and O–H groups in total. The van der Waals surface area contributed by atoms with Gasteiger partial charge in [0.25, 0.3) is 5.91 Å². The molecule has 1 saturated heterocycles. The van der Waals surface area contributed by atoms with Gasteiger partial charge in [-0.15, -0.1) is 0 Å². The Morgan fingerprint density at radius 3 is 2.75 bits per heavy atom. The number of carbonyl (C=O) groups is 1. The fourth-order valence-electron chi connectivity index (χ4n) is 2.66. The van der Waals surface area contributed by atoms with E-state index in [0.29, 0.717) is 37.0 Å². The smallest absolute Gasteiger partial charge is 0.253 e. The first kappa shape index (κ1) is 17.5. The predicted octanol–water partition coefficient (Wildman–Crippen LogP) is 3.13. The average molecular weight is 400 g/mol. The number of rotatable bonds is 5. The highest BCUT2D eigenvalue weighted by atomic mass is 79.9. The Bertz CT molecular complexity index is 589. The lowest BCUT2D eigenvalue weighted by Crippen LogP contribution is -2.32. The third-order valence-corrected chi connectivity index (χ3v) is 4.72. The van der Waals surface area contributed by atoms with Crippen LogP contribution in [0, 0.1) is 0 Å². The molecule has 132 valence electrons. The number of carbonyl (C=O) groups excluding carboxylic acids is 1. The van der Waals surface area contributed by atoms with E-state index < -0.39 is 6.10 Å². The molecule has 6 nitrogen and oxygen atoms in total. The molecule has 0 saturated carbocycles. The van der Waals surface area contributed by atoms with E-state index in [9.17, 15) is 4.79 Å². The number of nitrogens with one attached hydrogen (secondary N) is 1. The lowest BCUT2D eigenvalue weighted by atomic mass is 10.1. The highest BCUT2D eigenvalue weighted by Gasteiger charge is 2.21. The van der Waals surface area contributed by atoms with Gasteiger partial charge >= 0.3 is 0 Å². The van der Waals surface area contributed by atoms with E-state index in [1.807, 2.05) is 0 Å². The van der Waals surface area contributed by atoms with Gasteiger partial charge in [-0.3, -0.25) is 4.79 Å². The topological polar surface area (TPSA) is 66.0 Å². The van der Waals surface area contributed by atoms with Gasteiger partial charge < -0.3 is 24.3 Å². The van der Waals surface area contributed by atoms with Crippen LogP contribution in [-0.4, -0.2) is 44.5 Å². The molecule has 0 spiro atoms. The average Bonchev–Trinajstić information content (AvgIpc) is 2.61. The van der Waals surface area contributed by atoms with Gasteiger partial charge in [-0.1, -0.05) is 0 Å². The molecular weight excluding hydrogens is 378 g/mol. The second kappa shape index (κ2) is 8.18. The zero-order valence-electron chi connectivity index (χ0n) is 13.7. The van der Waals surface area contributed by atoms with Crippen molar-refractivity contribution in [1.29, 1.82) is 0 Å². The predicted molar refractivity (Wildman–Crippen MR) is 92.8 cm³/mol. The molecule has 2 aliphatic rings. The Balaban J connectivity index is 1.55. The van der Waals surface area contributed by atoms with Crippen LogP contribution in [0.5, 0.6) is 11.5 Å². The van der Waals surface area contributed by atoms with Crippen LogP contribution in [-0.2, 0) is 14.3 Å². The number of fused-ring (bicyclic) bond motifs is 1. The first-order chi connectivity index (χ1) is 11.6. The van der Waals surface area contributed by atoms with Gasteiger partial charge in [-0.2, -0.15) is 0 Å². The molecule has 2 aliphatic heterocycles. The van der Waals surface area contributed by atoms with E-state index in [0.717, 1.165) is 30.3 Å². The summed E-state index contributed by atoms with van der Waals surface area (Å²) in [7, 11) is 0. The lowest BCUT2D eigenvalue weighted by Gasteiger charge is -2.24. The number of halogens is 1. The fraction of sp³-hybridized carbons (Fsp3) is 0.588. The van der Waals surface area contributed by atoms with Gasteiger partial charge in [0.1, 0.15) is 19.3 Å². The molecule has 24 heavy (non-hydrogen) atoms. The Hall–Kier alpha value is -1.31. The molecule has 0 bridgehead atoms. The number of amides is 1. The van der Waals surface area contributed by atoms with Crippen molar-refractivity contribution in [2.24, 2.45) is 0 Å². The van der Waals surface area contributed by atoms with Gasteiger partial charge in [0.2, 0.25) is 0 Å². The summed E-state index contributed by atoms with van der Waals surface area (Å²) >= 11 is 3.44. The van der Waals surface area contributed by atoms with E-state index in [1.54, 1.807) is 19.1 Å². The summed E-state index contributed by atoms with van der Waals surface area (Å²) in [5, 5.41) is 2.86. The Kier molecular flexibility index (Phi) is 5.97. The van der Waals surface area contributed by atoms with Crippen molar-refractivity contribution in [3.05, 3.63) is 16.6 Å². The van der Waals surface area contributed by atoms with Crippen molar-refractivity contribution >= 4 is 27.5 Å². The number of hydrogen-bond acceptors (Lipinski definition) is 5. The molecule has 1 aromatic rings. The second-order valence-corrected chi connectivity index (χ2v) is 6.78.